The summed E-state index contributed by atoms with van der Waals surface area (Å²) in [4.78, 5) is 42.2. The van der Waals surface area contributed by atoms with Crippen LogP contribution in [0, 0.1) is 11.2 Å². The van der Waals surface area contributed by atoms with E-state index < -0.39 is 23.1 Å². The lowest BCUT2D eigenvalue weighted by Crippen LogP contribution is -2.46. The van der Waals surface area contributed by atoms with Gasteiger partial charge in [-0.1, -0.05) is 35.9 Å². The van der Waals surface area contributed by atoms with Crippen molar-refractivity contribution >= 4 is 40.8 Å². The van der Waals surface area contributed by atoms with Crippen molar-refractivity contribution in [2.45, 2.75) is 52.7 Å². The summed E-state index contributed by atoms with van der Waals surface area (Å²) >= 11 is 6.05. The van der Waals surface area contributed by atoms with Crippen molar-refractivity contribution in [3.63, 3.8) is 0 Å². The van der Waals surface area contributed by atoms with E-state index >= 15 is 4.39 Å². The molecule has 1 aliphatic rings. The first-order chi connectivity index (χ1) is 19.4. The minimum absolute atomic E-state index is 0.0669. The van der Waals surface area contributed by atoms with E-state index in [1.54, 1.807) is 28.0 Å². The molecule has 0 unspecified atom stereocenters. The third kappa shape index (κ3) is 6.44. The highest BCUT2D eigenvalue weighted by Crippen LogP contribution is 2.41. The summed E-state index contributed by atoms with van der Waals surface area (Å²) in [5.41, 5.74) is 1.39. The number of carbonyl (C=O) groups is 3. The molecule has 41 heavy (non-hydrogen) atoms. The van der Waals surface area contributed by atoms with Crippen LogP contribution in [0.25, 0.3) is 0 Å². The second-order valence-electron chi connectivity index (χ2n) is 10.9. The number of carbonyl (C=O) groups excluding carboxylic acids is 2. The number of hydrogen-bond donors (Lipinski definition) is 1. The van der Waals surface area contributed by atoms with Crippen LogP contribution in [0.2, 0.25) is 5.02 Å². The van der Waals surface area contributed by atoms with Crippen LogP contribution in [-0.4, -0.2) is 42.1 Å². The number of anilines is 2. The number of hydrogen-bond acceptors (Lipinski definition) is 4. The number of nitrogens with zero attached hydrogens (tertiary/aromatic N) is 2. The zero-order valence-electron chi connectivity index (χ0n) is 23.6. The summed E-state index contributed by atoms with van der Waals surface area (Å²) in [6, 6.07) is 18.3. The van der Waals surface area contributed by atoms with Crippen molar-refractivity contribution in [3.05, 3.63) is 94.3 Å². The van der Waals surface area contributed by atoms with Gasteiger partial charge in [0.15, 0.2) is 0 Å². The van der Waals surface area contributed by atoms with E-state index in [9.17, 15) is 19.5 Å². The Balaban J connectivity index is 1.56. The normalized spacial score (nSPS) is 16.7. The van der Waals surface area contributed by atoms with Gasteiger partial charge < -0.3 is 19.6 Å². The Labute approximate surface area is 244 Å². The topological polar surface area (TPSA) is 87.2 Å². The van der Waals surface area contributed by atoms with Crippen LogP contribution in [0.5, 0.6) is 0 Å². The molecule has 216 valence electrons. The molecule has 0 fully saturated rings. The number of aliphatic carboxylic acids is 1. The number of ether oxygens (including phenoxy) is 1. The van der Waals surface area contributed by atoms with Crippen LogP contribution in [0.1, 0.15) is 61.5 Å². The number of halogens is 2. The van der Waals surface area contributed by atoms with E-state index in [4.69, 9.17) is 16.3 Å². The number of fused-ring (bicyclic) bond motifs is 1. The maximum Gasteiger partial charge on any atom is 0.311 e. The molecule has 9 heteroatoms. The average molecular weight is 581 g/mol. The molecule has 2 atom stereocenters. The molecule has 3 aromatic carbocycles. The summed E-state index contributed by atoms with van der Waals surface area (Å²) in [7, 11) is 0. The molecule has 0 bridgehead atoms. The van der Waals surface area contributed by atoms with Gasteiger partial charge in [0, 0.05) is 40.1 Å². The molecule has 0 saturated heterocycles. The van der Waals surface area contributed by atoms with Crippen molar-refractivity contribution in [2.24, 2.45) is 5.41 Å². The first-order valence-corrected chi connectivity index (χ1v) is 13.9. The van der Waals surface area contributed by atoms with Crippen LogP contribution < -0.4 is 9.80 Å². The number of rotatable bonds is 9. The fraction of sp³-hybridized carbons (Fsp3) is 0.344. The molecule has 1 aliphatic heterocycles. The number of likely N-dealkylation sites (N-methyl/N-ethyl adjacent to an activating group) is 1. The SMILES string of the molecule is CCN(C(=O)[C@H]1C[C@H](C)N(C(=O)c2ccc(COCC(C)(C)C(=O)O)c(F)c2)c2ccccc21)c1ccc(Cl)cc1. The predicted octanol–water partition coefficient (Wildman–Crippen LogP) is 6.68. The maximum absolute atomic E-state index is 15.0. The molecule has 7 nitrogen and oxygen atoms in total. The number of benzene rings is 3. The number of amides is 2. The van der Waals surface area contributed by atoms with Gasteiger partial charge in [0.05, 0.1) is 24.5 Å². The van der Waals surface area contributed by atoms with E-state index in [2.05, 4.69) is 0 Å². The molecule has 0 aromatic heterocycles. The van der Waals surface area contributed by atoms with E-state index in [0.29, 0.717) is 23.7 Å². The van der Waals surface area contributed by atoms with Gasteiger partial charge in [-0.3, -0.25) is 14.4 Å². The zero-order chi connectivity index (χ0) is 29.9. The monoisotopic (exact) mass is 580 g/mol. The molecule has 3 aromatic rings. The van der Waals surface area contributed by atoms with E-state index in [1.807, 2.05) is 50.2 Å². The lowest BCUT2D eigenvalue weighted by Gasteiger charge is -2.40. The largest absolute Gasteiger partial charge is 0.481 e. The first kappa shape index (κ1) is 30.2. The molecule has 0 spiro atoms. The van der Waals surface area contributed by atoms with Crippen LogP contribution in [-0.2, 0) is 20.9 Å². The fourth-order valence-corrected chi connectivity index (χ4v) is 5.17. The van der Waals surface area contributed by atoms with E-state index in [0.717, 1.165) is 11.3 Å². The van der Waals surface area contributed by atoms with Gasteiger partial charge in [0.25, 0.3) is 5.91 Å². The highest BCUT2D eigenvalue weighted by atomic mass is 35.5. The molecule has 1 heterocycles. The quantitative estimate of drug-likeness (QED) is 0.305. The minimum Gasteiger partial charge on any atom is -0.481 e. The van der Waals surface area contributed by atoms with Crippen molar-refractivity contribution < 1.29 is 28.6 Å². The van der Waals surface area contributed by atoms with Crippen LogP contribution >= 0.6 is 11.6 Å². The Morgan fingerprint density at radius 3 is 2.41 bits per heavy atom. The van der Waals surface area contributed by atoms with E-state index in [-0.39, 0.29) is 42.2 Å². The molecule has 0 saturated carbocycles. The molecular formula is C32H34ClFN2O5. The summed E-state index contributed by atoms with van der Waals surface area (Å²) in [6.07, 6.45) is 0.402. The Kier molecular flexibility index (Phi) is 9.14. The molecule has 2 amide bonds. The number of carboxylic acid groups (broad SMARTS) is 1. The predicted molar refractivity (Wildman–Crippen MR) is 157 cm³/mol. The summed E-state index contributed by atoms with van der Waals surface area (Å²) < 4.78 is 20.5. The molecule has 0 aliphatic carbocycles. The highest BCUT2D eigenvalue weighted by molar-refractivity contribution is 6.30. The summed E-state index contributed by atoms with van der Waals surface area (Å²) in [6.45, 7) is 7.12. The average Bonchev–Trinajstić information content (AvgIpc) is 2.94. The second-order valence-corrected chi connectivity index (χ2v) is 11.4. The van der Waals surface area contributed by atoms with Gasteiger partial charge >= 0.3 is 5.97 Å². The van der Waals surface area contributed by atoms with Gasteiger partial charge in [-0.25, -0.2) is 4.39 Å². The van der Waals surface area contributed by atoms with Crippen LogP contribution in [0.4, 0.5) is 15.8 Å². The van der Waals surface area contributed by atoms with Gasteiger partial charge in [0.2, 0.25) is 5.91 Å². The minimum atomic E-state index is -1.10. The number of carboxylic acids is 1. The van der Waals surface area contributed by atoms with Crippen LogP contribution in [0.3, 0.4) is 0 Å². The van der Waals surface area contributed by atoms with Crippen molar-refractivity contribution in [1.82, 2.24) is 0 Å². The van der Waals surface area contributed by atoms with Crippen molar-refractivity contribution in [3.8, 4) is 0 Å². The molecule has 4 rings (SSSR count). The number of para-hydroxylation sites is 1. The standard InChI is InChI=1S/C32H34ClFN2O5/c1-5-35(24-14-12-23(33)13-15-24)30(38)26-16-20(2)36(28-9-7-6-8-25(26)28)29(37)21-10-11-22(27(34)17-21)18-41-19-32(3,4)31(39)40/h6-15,17,20,26H,5,16,18-19H2,1-4H3,(H,39,40)/t20-,26-/m0/s1. The lowest BCUT2D eigenvalue weighted by molar-refractivity contribution is -0.150. The fourth-order valence-electron chi connectivity index (χ4n) is 5.05. The Bertz CT molecular complexity index is 1440. The molecular weight excluding hydrogens is 547 g/mol. The Hall–Kier alpha value is -3.75. The summed E-state index contributed by atoms with van der Waals surface area (Å²) in [5, 5.41) is 9.82. The summed E-state index contributed by atoms with van der Waals surface area (Å²) in [5.74, 6) is -2.53. The third-order valence-corrected chi connectivity index (χ3v) is 7.68. The van der Waals surface area contributed by atoms with Crippen molar-refractivity contribution in [2.75, 3.05) is 23.0 Å². The van der Waals surface area contributed by atoms with E-state index in [1.165, 1.54) is 26.0 Å². The zero-order valence-corrected chi connectivity index (χ0v) is 24.3. The highest BCUT2D eigenvalue weighted by Gasteiger charge is 2.39. The second kappa shape index (κ2) is 12.4. The Morgan fingerprint density at radius 1 is 1.10 bits per heavy atom. The third-order valence-electron chi connectivity index (χ3n) is 7.43. The maximum atomic E-state index is 15.0. The molecule has 1 N–H and O–H groups in total. The van der Waals surface area contributed by atoms with Gasteiger partial charge in [-0.2, -0.15) is 0 Å². The first-order valence-electron chi connectivity index (χ1n) is 13.5. The van der Waals surface area contributed by atoms with Gasteiger partial charge in [-0.15, -0.1) is 0 Å². The molecule has 0 radical (unpaired) electrons. The lowest BCUT2D eigenvalue weighted by atomic mass is 9.84. The van der Waals surface area contributed by atoms with Gasteiger partial charge in [0.1, 0.15) is 5.82 Å². The van der Waals surface area contributed by atoms with Crippen LogP contribution in [0.15, 0.2) is 66.7 Å². The van der Waals surface area contributed by atoms with Gasteiger partial charge in [-0.05, 0) is 82.1 Å². The van der Waals surface area contributed by atoms with Crippen molar-refractivity contribution in [1.29, 1.82) is 0 Å². The Morgan fingerprint density at radius 2 is 1.78 bits per heavy atom. The smallest absolute Gasteiger partial charge is 0.311 e.